The number of aliphatic carboxylic acids is 1. The lowest BCUT2D eigenvalue weighted by atomic mass is 9.92. The summed E-state index contributed by atoms with van der Waals surface area (Å²) in [5.41, 5.74) is -0.193. The summed E-state index contributed by atoms with van der Waals surface area (Å²) in [6.45, 7) is 5.28. The van der Waals surface area contributed by atoms with Crippen LogP contribution in [0.25, 0.3) is 0 Å². The molecule has 1 aromatic rings. The number of carbonyl (C=O) groups excluding carboxylic acids is 1. The number of benzene rings is 1. The minimum atomic E-state index is -0.995. The van der Waals surface area contributed by atoms with Crippen molar-refractivity contribution in [3.8, 4) is 0 Å². The molecule has 1 saturated carbocycles. The first kappa shape index (κ1) is 15.8. The molecule has 0 aromatic heterocycles. The van der Waals surface area contributed by atoms with Gasteiger partial charge in [0.15, 0.2) is 0 Å². The maximum Gasteiger partial charge on any atom is 0.323 e. The summed E-state index contributed by atoms with van der Waals surface area (Å²) in [5, 5.41) is 9.70. The topological polar surface area (TPSA) is 57.6 Å². The van der Waals surface area contributed by atoms with Gasteiger partial charge in [-0.05, 0) is 51.3 Å². The quantitative estimate of drug-likeness (QED) is 0.930. The van der Waals surface area contributed by atoms with Crippen LogP contribution in [0.1, 0.15) is 39.2 Å². The molecule has 0 unspecified atom stereocenters. The van der Waals surface area contributed by atoms with Gasteiger partial charge in [-0.3, -0.25) is 9.59 Å². The third-order valence-electron chi connectivity index (χ3n) is 3.90. The molecule has 5 heteroatoms. The molecule has 1 N–H and O–H groups in total. The van der Waals surface area contributed by atoms with Gasteiger partial charge in [-0.15, -0.1) is 0 Å². The van der Waals surface area contributed by atoms with Gasteiger partial charge in [0.1, 0.15) is 6.54 Å². The van der Waals surface area contributed by atoms with E-state index in [-0.39, 0.29) is 12.5 Å². The van der Waals surface area contributed by atoms with Gasteiger partial charge in [-0.2, -0.15) is 0 Å². The van der Waals surface area contributed by atoms with Crippen LogP contribution in [0.5, 0.6) is 0 Å². The summed E-state index contributed by atoms with van der Waals surface area (Å²) in [4.78, 5) is 25.5. The second-order valence-corrected chi connectivity index (χ2v) is 6.98. The lowest BCUT2D eigenvalue weighted by molar-refractivity contribution is -0.149. The monoisotopic (exact) mass is 309 g/mol. The van der Waals surface area contributed by atoms with Crippen LogP contribution in [-0.4, -0.2) is 34.0 Å². The molecule has 0 aliphatic heterocycles. The summed E-state index contributed by atoms with van der Waals surface area (Å²) in [7, 11) is 0. The zero-order chi connectivity index (χ0) is 15.8. The van der Waals surface area contributed by atoms with Gasteiger partial charge in [0, 0.05) is 10.6 Å². The Hall–Kier alpha value is -1.55. The van der Waals surface area contributed by atoms with Crippen molar-refractivity contribution in [2.75, 3.05) is 6.54 Å². The minimum absolute atomic E-state index is 0.111. The largest absolute Gasteiger partial charge is 0.480 e. The van der Waals surface area contributed by atoms with Crippen LogP contribution in [-0.2, 0) is 15.0 Å². The van der Waals surface area contributed by atoms with Crippen LogP contribution in [0.2, 0.25) is 5.02 Å². The van der Waals surface area contributed by atoms with E-state index in [1.54, 1.807) is 12.1 Å². The lowest BCUT2D eigenvalue weighted by Crippen LogP contribution is -2.52. The van der Waals surface area contributed by atoms with Crippen LogP contribution in [0.3, 0.4) is 0 Å². The molecule has 0 spiro atoms. The van der Waals surface area contributed by atoms with Crippen LogP contribution < -0.4 is 0 Å². The van der Waals surface area contributed by atoms with Crippen molar-refractivity contribution in [1.82, 2.24) is 4.90 Å². The molecule has 1 aliphatic rings. The minimum Gasteiger partial charge on any atom is -0.480 e. The Morgan fingerprint density at radius 3 is 2.14 bits per heavy atom. The Morgan fingerprint density at radius 1 is 1.24 bits per heavy atom. The molecule has 0 radical (unpaired) electrons. The van der Waals surface area contributed by atoms with Gasteiger partial charge >= 0.3 is 5.97 Å². The Morgan fingerprint density at radius 2 is 1.76 bits per heavy atom. The van der Waals surface area contributed by atoms with Gasteiger partial charge in [0.25, 0.3) is 0 Å². The van der Waals surface area contributed by atoms with E-state index in [4.69, 9.17) is 16.7 Å². The predicted molar refractivity (Wildman–Crippen MR) is 81.5 cm³/mol. The number of amides is 1. The summed E-state index contributed by atoms with van der Waals surface area (Å²) in [6, 6.07) is 7.25. The predicted octanol–water partition coefficient (Wildman–Crippen LogP) is 3.08. The van der Waals surface area contributed by atoms with E-state index in [1.165, 1.54) is 4.90 Å². The second-order valence-electron chi connectivity index (χ2n) is 6.54. The fraction of sp³-hybridized carbons (Fsp3) is 0.500. The maximum atomic E-state index is 12.9. The molecule has 114 valence electrons. The van der Waals surface area contributed by atoms with Gasteiger partial charge in [-0.1, -0.05) is 23.7 Å². The average Bonchev–Trinajstić information content (AvgIpc) is 3.16. The number of hydrogen-bond donors (Lipinski definition) is 1. The zero-order valence-electron chi connectivity index (χ0n) is 12.5. The molecule has 1 aliphatic carbocycles. The van der Waals surface area contributed by atoms with Gasteiger partial charge in [0.2, 0.25) is 5.91 Å². The van der Waals surface area contributed by atoms with E-state index in [1.807, 2.05) is 32.9 Å². The zero-order valence-corrected chi connectivity index (χ0v) is 13.3. The highest BCUT2D eigenvalue weighted by atomic mass is 35.5. The number of rotatable bonds is 4. The van der Waals surface area contributed by atoms with Crippen molar-refractivity contribution in [2.24, 2.45) is 0 Å². The molecule has 2 rings (SSSR count). The molecule has 0 bridgehead atoms. The number of halogens is 1. The third-order valence-corrected chi connectivity index (χ3v) is 4.16. The molecule has 1 aromatic carbocycles. The first-order valence-electron chi connectivity index (χ1n) is 6.97. The number of carboxylic acids is 1. The molecule has 21 heavy (non-hydrogen) atoms. The molecule has 0 atom stereocenters. The van der Waals surface area contributed by atoms with Crippen molar-refractivity contribution in [1.29, 1.82) is 0 Å². The van der Waals surface area contributed by atoms with E-state index >= 15 is 0 Å². The first-order valence-corrected chi connectivity index (χ1v) is 7.34. The van der Waals surface area contributed by atoms with E-state index in [0.29, 0.717) is 5.02 Å². The highest BCUT2D eigenvalue weighted by Gasteiger charge is 2.54. The fourth-order valence-electron chi connectivity index (χ4n) is 2.53. The molecular weight excluding hydrogens is 290 g/mol. The molecule has 0 saturated heterocycles. The average molecular weight is 310 g/mol. The van der Waals surface area contributed by atoms with E-state index in [0.717, 1.165) is 18.4 Å². The third kappa shape index (κ3) is 3.21. The van der Waals surface area contributed by atoms with Crippen molar-refractivity contribution in [3.05, 3.63) is 34.9 Å². The molecule has 0 heterocycles. The van der Waals surface area contributed by atoms with Crippen molar-refractivity contribution in [2.45, 2.75) is 44.6 Å². The van der Waals surface area contributed by atoms with Crippen LogP contribution in [0, 0.1) is 0 Å². The van der Waals surface area contributed by atoms with Gasteiger partial charge < -0.3 is 10.0 Å². The number of nitrogens with zero attached hydrogens (tertiary/aromatic N) is 1. The summed E-state index contributed by atoms with van der Waals surface area (Å²) < 4.78 is 0. The summed E-state index contributed by atoms with van der Waals surface area (Å²) in [5.74, 6) is -1.11. The fourth-order valence-corrected chi connectivity index (χ4v) is 2.65. The molecular formula is C16H20ClNO3. The van der Waals surface area contributed by atoms with Crippen molar-refractivity contribution in [3.63, 3.8) is 0 Å². The molecule has 1 fully saturated rings. The smallest absolute Gasteiger partial charge is 0.323 e. The van der Waals surface area contributed by atoms with Crippen LogP contribution in [0.4, 0.5) is 0 Å². The molecule has 1 amide bonds. The lowest BCUT2D eigenvalue weighted by Gasteiger charge is -2.37. The van der Waals surface area contributed by atoms with E-state index in [9.17, 15) is 9.59 Å². The SMILES string of the molecule is CC(C)(C)N(CC(=O)O)C(=O)C1(c2ccc(Cl)cc2)CC1. The van der Waals surface area contributed by atoms with Crippen molar-refractivity contribution >= 4 is 23.5 Å². The van der Waals surface area contributed by atoms with Crippen LogP contribution in [0.15, 0.2) is 24.3 Å². The summed E-state index contributed by atoms with van der Waals surface area (Å²) >= 11 is 5.89. The van der Waals surface area contributed by atoms with Gasteiger partial charge in [-0.25, -0.2) is 0 Å². The standard InChI is InChI=1S/C16H20ClNO3/c1-15(2,3)18(10-13(19)20)14(21)16(8-9-16)11-4-6-12(17)7-5-11/h4-7H,8-10H2,1-3H3,(H,19,20). The number of hydrogen-bond acceptors (Lipinski definition) is 2. The Balaban J connectivity index is 2.32. The van der Waals surface area contributed by atoms with E-state index in [2.05, 4.69) is 0 Å². The second kappa shape index (κ2) is 5.34. The van der Waals surface area contributed by atoms with E-state index < -0.39 is 16.9 Å². The maximum absolute atomic E-state index is 12.9. The first-order chi connectivity index (χ1) is 9.67. The highest BCUT2D eigenvalue weighted by molar-refractivity contribution is 6.30. The highest BCUT2D eigenvalue weighted by Crippen LogP contribution is 2.50. The number of carboxylic acid groups (broad SMARTS) is 1. The molecule has 4 nitrogen and oxygen atoms in total. The normalized spacial score (nSPS) is 16.4. The van der Waals surface area contributed by atoms with Crippen LogP contribution >= 0.6 is 11.6 Å². The Labute approximate surface area is 129 Å². The van der Waals surface area contributed by atoms with Gasteiger partial charge in [0.05, 0.1) is 5.41 Å². The van der Waals surface area contributed by atoms with Crippen molar-refractivity contribution < 1.29 is 14.7 Å². The summed E-state index contributed by atoms with van der Waals surface area (Å²) in [6.07, 6.45) is 1.50. The number of carbonyl (C=O) groups is 2. The Bertz CT molecular complexity index is 556. The Kier molecular flexibility index (Phi) is 4.02.